The Morgan fingerprint density at radius 2 is 1.75 bits per heavy atom. The first-order valence-corrected chi connectivity index (χ1v) is 8.04. The molecule has 0 atom stereocenters. The van der Waals surface area contributed by atoms with Crippen molar-refractivity contribution in [3.05, 3.63) is 30.3 Å². The van der Waals surface area contributed by atoms with E-state index in [4.69, 9.17) is 15.2 Å². The molecule has 0 heterocycles. The highest BCUT2D eigenvalue weighted by molar-refractivity contribution is 5.92. The van der Waals surface area contributed by atoms with Gasteiger partial charge in [-0.15, -0.1) is 0 Å². The maximum atomic E-state index is 11.7. The highest BCUT2D eigenvalue weighted by Crippen LogP contribution is 2.11. The summed E-state index contributed by atoms with van der Waals surface area (Å²) in [4.78, 5) is 24.6. The average molecular weight is 338 g/mol. The van der Waals surface area contributed by atoms with Crippen molar-refractivity contribution in [1.29, 1.82) is 0 Å². The fourth-order valence-corrected chi connectivity index (χ4v) is 1.68. The van der Waals surface area contributed by atoms with Gasteiger partial charge in [0, 0.05) is 32.4 Å². The third-order valence-electron chi connectivity index (χ3n) is 2.77. The Morgan fingerprint density at radius 1 is 1.17 bits per heavy atom. The number of carbonyl (C=O) groups is 2. The number of rotatable bonds is 5. The molecule has 0 saturated heterocycles. The minimum atomic E-state index is -0.586. The summed E-state index contributed by atoms with van der Waals surface area (Å²) in [5, 5.41) is 0. The molecule has 6 heteroatoms. The number of nitrogens with two attached hydrogens (primary N) is 1. The van der Waals surface area contributed by atoms with Gasteiger partial charge >= 0.3 is 6.09 Å². The van der Waals surface area contributed by atoms with Gasteiger partial charge < -0.3 is 15.2 Å². The SMILES string of the molecule is CCN(C(=O)CCCOC)C(=O)OC(C)(C)C.Nc1ccccc1. The van der Waals surface area contributed by atoms with Crippen LogP contribution in [0.4, 0.5) is 10.5 Å². The van der Waals surface area contributed by atoms with Gasteiger partial charge in [-0.25, -0.2) is 9.69 Å². The second-order valence-corrected chi connectivity index (χ2v) is 6.13. The Labute approximate surface area is 144 Å². The molecule has 2 N–H and O–H groups in total. The van der Waals surface area contributed by atoms with E-state index in [1.807, 2.05) is 30.3 Å². The van der Waals surface area contributed by atoms with Crippen molar-refractivity contribution in [2.45, 2.75) is 46.1 Å². The molecule has 0 bridgehead atoms. The van der Waals surface area contributed by atoms with Gasteiger partial charge in [-0.3, -0.25) is 4.79 Å². The van der Waals surface area contributed by atoms with E-state index in [9.17, 15) is 9.59 Å². The second-order valence-electron chi connectivity index (χ2n) is 6.13. The lowest BCUT2D eigenvalue weighted by molar-refractivity contribution is -0.130. The summed E-state index contributed by atoms with van der Waals surface area (Å²) in [6.07, 6.45) is 0.317. The van der Waals surface area contributed by atoms with Crippen LogP contribution >= 0.6 is 0 Å². The molecule has 6 nitrogen and oxygen atoms in total. The second kappa shape index (κ2) is 11.5. The van der Waals surface area contributed by atoms with Gasteiger partial charge in [0.25, 0.3) is 0 Å². The lowest BCUT2D eigenvalue weighted by Gasteiger charge is -2.25. The van der Waals surface area contributed by atoms with Crippen molar-refractivity contribution >= 4 is 17.7 Å². The smallest absolute Gasteiger partial charge is 0.417 e. The number of hydrogen-bond acceptors (Lipinski definition) is 5. The van der Waals surface area contributed by atoms with E-state index in [1.54, 1.807) is 34.8 Å². The molecule has 1 rings (SSSR count). The first kappa shape index (κ1) is 21.9. The van der Waals surface area contributed by atoms with Crippen molar-refractivity contribution < 1.29 is 19.1 Å². The maximum Gasteiger partial charge on any atom is 0.417 e. The van der Waals surface area contributed by atoms with Gasteiger partial charge in [0.15, 0.2) is 0 Å². The Hall–Kier alpha value is -2.08. The Balaban J connectivity index is 0.000000620. The number of ether oxygens (including phenoxy) is 2. The highest BCUT2D eigenvalue weighted by atomic mass is 16.6. The third-order valence-corrected chi connectivity index (χ3v) is 2.77. The van der Waals surface area contributed by atoms with Crippen LogP contribution in [0, 0.1) is 0 Å². The molecule has 2 amide bonds. The van der Waals surface area contributed by atoms with Crippen molar-refractivity contribution in [3.8, 4) is 0 Å². The molecular weight excluding hydrogens is 308 g/mol. The number of para-hydroxylation sites is 1. The molecule has 0 spiro atoms. The number of nitrogens with zero attached hydrogens (tertiary/aromatic N) is 1. The molecule has 0 saturated carbocycles. The number of imide groups is 1. The topological polar surface area (TPSA) is 81.9 Å². The number of anilines is 1. The van der Waals surface area contributed by atoms with Crippen LogP contribution in [-0.4, -0.2) is 42.8 Å². The first-order valence-electron chi connectivity index (χ1n) is 8.04. The summed E-state index contributed by atoms with van der Waals surface area (Å²) in [7, 11) is 1.58. The summed E-state index contributed by atoms with van der Waals surface area (Å²) in [6.45, 7) is 7.90. The van der Waals surface area contributed by atoms with Gasteiger partial charge in [-0.1, -0.05) is 18.2 Å². The minimum Gasteiger partial charge on any atom is -0.443 e. The average Bonchev–Trinajstić information content (AvgIpc) is 2.48. The van der Waals surface area contributed by atoms with E-state index in [2.05, 4.69) is 0 Å². The zero-order valence-corrected chi connectivity index (χ0v) is 15.4. The predicted molar refractivity (Wildman–Crippen MR) is 95.6 cm³/mol. The lowest BCUT2D eigenvalue weighted by atomic mass is 10.2. The maximum absolute atomic E-state index is 11.7. The Bertz CT molecular complexity index is 484. The molecule has 0 aliphatic heterocycles. The van der Waals surface area contributed by atoms with Crippen LogP contribution in [0.3, 0.4) is 0 Å². The lowest BCUT2D eigenvalue weighted by Crippen LogP contribution is -2.40. The van der Waals surface area contributed by atoms with E-state index in [-0.39, 0.29) is 5.91 Å². The first-order chi connectivity index (χ1) is 11.2. The molecular formula is C18H30N2O4. The summed E-state index contributed by atoms with van der Waals surface area (Å²) in [5.74, 6) is -0.223. The molecule has 0 radical (unpaired) electrons. The van der Waals surface area contributed by atoms with Crippen LogP contribution in [0.25, 0.3) is 0 Å². The van der Waals surface area contributed by atoms with Crippen LogP contribution in [0.5, 0.6) is 0 Å². The molecule has 1 aromatic carbocycles. The number of hydrogen-bond donors (Lipinski definition) is 1. The molecule has 0 aliphatic rings. The van der Waals surface area contributed by atoms with Crippen LogP contribution in [-0.2, 0) is 14.3 Å². The largest absolute Gasteiger partial charge is 0.443 e. The van der Waals surface area contributed by atoms with Crippen molar-refractivity contribution in [2.24, 2.45) is 0 Å². The van der Waals surface area contributed by atoms with Crippen molar-refractivity contribution in [2.75, 3.05) is 26.0 Å². The monoisotopic (exact) mass is 338 g/mol. The molecule has 136 valence electrons. The minimum absolute atomic E-state index is 0.223. The normalized spacial score (nSPS) is 10.4. The van der Waals surface area contributed by atoms with Gasteiger partial charge in [0.05, 0.1) is 0 Å². The van der Waals surface area contributed by atoms with Crippen LogP contribution in [0.15, 0.2) is 30.3 Å². The van der Waals surface area contributed by atoms with Crippen LogP contribution in [0.1, 0.15) is 40.5 Å². The zero-order valence-electron chi connectivity index (χ0n) is 15.4. The molecule has 0 fully saturated rings. The summed E-state index contributed by atoms with van der Waals surface area (Å²) >= 11 is 0. The van der Waals surface area contributed by atoms with E-state index in [0.717, 1.165) is 10.6 Å². The van der Waals surface area contributed by atoms with Crippen LogP contribution in [0.2, 0.25) is 0 Å². The summed E-state index contributed by atoms with van der Waals surface area (Å²) < 4.78 is 10.0. The van der Waals surface area contributed by atoms with Gasteiger partial charge in [-0.2, -0.15) is 0 Å². The van der Waals surface area contributed by atoms with Crippen LogP contribution < -0.4 is 5.73 Å². The molecule has 24 heavy (non-hydrogen) atoms. The number of benzene rings is 1. The number of methoxy groups -OCH3 is 1. The number of carbonyl (C=O) groups excluding carboxylic acids is 2. The fraction of sp³-hybridized carbons (Fsp3) is 0.556. The van der Waals surface area contributed by atoms with Crippen molar-refractivity contribution in [1.82, 2.24) is 4.90 Å². The third kappa shape index (κ3) is 10.6. The quantitative estimate of drug-likeness (QED) is 0.657. The van der Waals surface area contributed by atoms with Crippen molar-refractivity contribution in [3.63, 3.8) is 0 Å². The Morgan fingerprint density at radius 3 is 2.12 bits per heavy atom. The fourth-order valence-electron chi connectivity index (χ4n) is 1.68. The highest BCUT2D eigenvalue weighted by Gasteiger charge is 2.25. The molecule has 0 unspecified atom stereocenters. The molecule has 1 aromatic rings. The van der Waals surface area contributed by atoms with E-state index >= 15 is 0 Å². The van der Waals surface area contributed by atoms with E-state index in [1.165, 1.54) is 0 Å². The van der Waals surface area contributed by atoms with Gasteiger partial charge in [0.2, 0.25) is 5.91 Å². The summed E-state index contributed by atoms with van der Waals surface area (Å²) in [5.41, 5.74) is 5.59. The van der Waals surface area contributed by atoms with E-state index in [0.29, 0.717) is 26.0 Å². The zero-order chi connectivity index (χ0) is 18.6. The Kier molecular flexibility index (Phi) is 10.5. The summed E-state index contributed by atoms with van der Waals surface area (Å²) in [6, 6.07) is 9.49. The van der Waals surface area contributed by atoms with E-state index < -0.39 is 11.7 Å². The van der Waals surface area contributed by atoms with Gasteiger partial charge in [0.1, 0.15) is 5.60 Å². The standard InChI is InChI=1S/C12H23NO4.C6H7N/c1-6-13(10(14)8-7-9-16-5)11(15)17-12(2,3)4;7-6-4-2-1-3-5-6/h6-9H2,1-5H3;1-5H,7H2. The molecule has 0 aliphatic carbocycles. The predicted octanol–water partition coefficient (Wildman–Crippen LogP) is 3.47. The van der Waals surface area contributed by atoms with Gasteiger partial charge in [-0.05, 0) is 46.2 Å². The molecule has 0 aromatic heterocycles. The number of amides is 2. The number of nitrogen functional groups attached to an aromatic ring is 1.